The fourth-order valence-corrected chi connectivity index (χ4v) is 2.74. The van der Waals surface area contributed by atoms with E-state index >= 15 is 0 Å². The van der Waals surface area contributed by atoms with Crippen LogP contribution in [0.4, 0.5) is 0 Å². The predicted molar refractivity (Wildman–Crippen MR) is 76.4 cm³/mol. The number of hydrogen-bond donors (Lipinski definition) is 3. The van der Waals surface area contributed by atoms with Crippen molar-refractivity contribution in [2.45, 2.75) is 25.8 Å². The van der Waals surface area contributed by atoms with Gasteiger partial charge in [-0.25, -0.2) is 0 Å². The lowest BCUT2D eigenvalue weighted by atomic mass is 10.1. The Morgan fingerprint density at radius 3 is 2.95 bits per heavy atom. The largest absolute Gasteiger partial charge is 0.350 e. The van der Waals surface area contributed by atoms with Gasteiger partial charge in [0.1, 0.15) is 5.69 Å². The van der Waals surface area contributed by atoms with Gasteiger partial charge in [-0.1, -0.05) is 18.2 Å². The number of benzene rings is 1. The first kappa shape index (κ1) is 12.2. The number of carbonyl (C=O) groups is 1. The molecular weight excluding hydrogens is 238 g/mol. The highest BCUT2D eigenvalue weighted by atomic mass is 16.2. The molecule has 1 saturated heterocycles. The fourth-order valence-electron chi connectivity index (χ4n) is 2.74. The average molecular weight is 257 g/mol. The van der Waals surface area contributed by atoms with E-state index in [0.29, 0.717) is 5.69 Å². The molecule has 1 aliphatic heterocycles. The van der Waals surface area contributed by atoms with Crippen LogP contribution >= 0.6 is 0 Å². The lowest BCUT2D eigenvalue weighted by molar-refractivity contribution is 0.0926. The second-order valence-corrected chi connectivity index (χ2v) is 5.19. The molecule has 1 aromatic carbocycles. The molecule has 100 valence electrons. The van der Waals surface area contributed by atoms with Gasteiger partial charge in [-0.3, -0.25) is 4.79 Å². The summed E-state index contributed by atoms with van der Waals surface area (Å²) in [5, 5.41) is 7.53. The van der Waals surface area contributed by atoms with Crippen LogP contribution in [0, 0.1) is 6.92 Å². The molecule has 19 heavy (non-hydrogen) atoms. The molecule has 0 bridgehead atoms. The highest BCUT2D eigenvalue weighted by Gasteiger charge is 2.19. The van der Waals surface area contributed by atoms with Crippen molar-refractivity contribution in [3.63, 3.8) is 0 Å². The SMILES string of the molecule is Cc1c(C(=O)N[C@@H]2CCCNC2)[nH]c2ccccc12. The minimum absolute atomic E-state index is 0.00222. The number of aryl methyl sites for hydroxylation is 1. The Labute approximate surface area is 112 Å². The number of carbonyl (C=O) groups excluding carboxylic acids is 1. The van der Waals surface area contributed by atoms with Crippen LogP contribution in [0.3, 0.4) is 0 Å². The second-order valence-electron chi connectivity index (χ2n) is 5.19. The van der Waals surface area contributed by atoms with Crippen LogP contribution in [0.5, 0.6) is 0 Å². The third-order valence-electron chi connectivity index (χ3n) is 3.82. The van der Waals surface area contributed by atoms with Gasteiger partial charge in [0.05, 0.1) is 0 Å². The first-order valence-corrected chi connectivity index (χ1v) is 6.84. The molecule has 0 unspecified atom stereocenters. The number of aromatic nitrogens is 1. The standard InChI is InChI=1S/C15H19N3O/c1-10-12-6-2-3-7-13(12)18-14(10)15(19)17-11-5-4-8-16-9-11/h2-3,6-7,11,16,18H,4-5,8-9H2,1H3,(H,17,19)/t11-/m1/s1. The van der Waals surface area contributed by atoms with E-state index in [0.717, 1.165) is 42.4 Å². The maximum absolute atomic E-state index is 12.3. The summed E-state index contributed by atoms with van der Waals surface area (Å²) in [4.78, 5) is 15.6. The van der Waals surface area contributed by atoms with Crippen molar-refractivity contribution in [1.82, 2.24) is 15.6 Å². The monoisotopic (exact) mass is 257 g/mol. The Morgan fingerprint density at radius 2 is 2.21 bits per heavy atom. The van der Waals surface area contributed by atoms with Crippen LogP contribution in [0.2, 0.25) is 0 Å². The second kappa shape index (κ2) is 5.05. The molecular formula is C15H19N3O. The van der Waals surface area contributed by atoms with Crippen LogP contribution in [0.1, 0.15) is 28.9 Å². The van der Waals surface area contributed by atoms with Crippen LogP contribution in [-0.2, 0) is 0 Å². The Balaban J connectivity index is 1.83. The molecule has 0 saturated carbocycles. The minimum atomic E-state index is 0.00222. The quantitative estimate of drug-likeness (QED) is 0.770. The lowest BCUT2D eigenvalue weighted by Gasteiger charge is -2.23. The van der Waals surface area contributed by atoms with Gasteiger partial charge in [0.2, 0.25) is 0 Å². The lowest BCUT2D eigenvalue weighted by Crippen LogP contribution is -2.45. The summed E-state index contributed by atoms with van der Waals surface area (Å²) in [7, 11) is 0. The van der Waals surface area contributed by atoms with E-state index < -0.39 is 0 Å². The molecule has 2 heterocycles. The van der Waals surface area contributed by atoms with Gasteiger partial charge in [0.15, 0.2) is 0 Å². The van der Waals surface area contributed by atoms with Gasteiger partial charge in [0.25, 0.3) is 5.91 Å². The summed E-state index contributed by atoms with van der Waals surface area (Å²) in [5.74, 6) is 0.00222. The van der Waals surface area contributed by atoms with E-state index in [1.165, 1.54) is 0 Å². The number of para-hydroxylation sites is 1. The van der Waals surface area contributed by atoms with E-state index in [9.17, 15) is 4.79 Å². The molecule has 1 amide bonds. The number of amides is 1. The molecule has 3 rings (SSSR count). The van der Waals surface area contributed by atoms with Crippen molar-refractivity contribution >= 4 is 16.8 Å². The predicted octanol–water partition coefficient (Wildman–Crippen LogP) is 1.96. The first-order chi connectivity index (χ1) is 9.25. The number of rotatable bonds is 2. The Hall–Kier alpha value is -1.81. The van der Waals surface area contributed by atoms with Gasteiger partial charge in [-0.15, -0.1) is 0 Å². The van der Waals surface area contributed by atoms with E-state index in [2.05, 4.69) is 15.6 Å². The maximum atomic E-state index is 12.3. The fraction of sp³-hybridized carbons (Fsp3) is 0.400. The number of nitrogens with one attached hydrogen (secondary N) is 3. The highest BCUT2D eigenvalue weighted by molar-refractivity contribution is 6.00. The third kappa shape index (κ3) is 2.36. The highest BCUT2D eigenvalue weighted by Crippen LogP contribution is 2.21. The summed E-state index contributed by atoms with van der Waals surface area (Å²) in [6.07, 6.45) is 2.18. The smallest absolute Gasteiger partial charge is 0.268 e. The van der Waals surface area contributed by atoms with Crippen LogP contribution < -0.4 is 10.6 Å². The summed E-state index contributed by atoms with van der Waals surface area (Å²) in [5.41, 5.74) is 2.73. The normalized spacial score (nSPS) is 19.5. The van der Waals surface area contributed by atoms with Crippen molar-refractivity contribution in [3.8, 4) is 0 Å². The number of H-pyrrole nitrogens is 1. The molecule has 1 aromatic heterocycles. The van der Waals surface area contributed by atoms with Crippen LogP contribution in [0.25, 0.3) is 10.9 Å². The molecule has 1 atom stereocenters. The molecule has 1 aliphatic rings. The third-order valence-corrected chi connectivity index (χ3v) is 3.82. The van der Waals surface area contributed by atoms with Crippen molar-refractivity contribution in [3.05, 3.63) is 35.5 Å². The van der Waals surface area contributed by atoms with E-state index in [1.807, 2.05) is 31.2 Å². The van der Waals surface area contributed by atoms with Crippen molar-refractivity contribution in [2.75, 3.05) is 13.1 Å². The number of fused-ring (bicyclic) bond motifs is 1. The maximum Gasteiger partial charge on any atom is 0.268 e. The van der Waals surface area contributed by atoms with Gasteiger partial charge >= 0.3 is 0 Å². The van der Waals surface area contributed by atoms with E-state index in [4.69, 9.17) is 0 Å². The van der Waals surface area contributed by atoms with Crippen LogP contribution in [-0.4, -0.2) is 30.0 Å². The average Bonchev–Trinajstić information content (AvgIpc) is 2.78. The topological polar surface area (TPSA) is 56.9 Å². The number of aromatic amines is 1. The van der Waals surface area contributed by atoms with Gasteiger partial charge in [-0.2, -0.15) is 0 Å². The molecule has 4 nitrogen and oxygen atoms in total. The zero-order chi connectivity index (χ0) is 13.2. The van der Waals surface area contributed by atoms with Crippen molar-refractivity contribution in [2.24, 2.45) is 0 Å². The Kier molecular flexibility index (Phi) is 3.25. The molecule has 0 spiro atoms. The van der Waals surface area contributed by atoms with Gasteiger partial charge in [0, 0.05) is 23.5 Å². The molecule has 2 aromatic rings. The zero-order valence-electron chi connectivity index (χ0n) is 11.1. The van der Waals surface area contributed by atoms with Gasteiger partial charge in [-0.05, 0) is 37.9 Å². The Bertz CT molecular complexity index is 596. The summed E-state index contributed by atoms with van der Waals surface area (Å²) < 4.78 is 0. The molecule has 0 aliphatic carbocycles. The van der Waals surface area contributed by atoms with E-state index in [-0.39, 0.29) is 11.9 Å². The zero-order valence-corrected chi connectivity index (χ0v) is 11.1. The van der Waals surface area contributed by atoms with Crippen molar-refractivity contribution < 1.29 is 4.79 Å². The first-order valence-electron chi connectivity index (χ1n) is 6.84. The summed E-state index contributed by atoms with van der Waals surface area (Å²) in [6.45, 7) is 3.91. The van der Waals surface area contributed by atoms with Gasteiger partial charge < -0.3 is 15.6 Å². The summed E-state index contributed by atoms with van der Waals surface area (Å²) >= 11 is 0. The molecule has 0 radical (unpaired) electrons. The van der Waals surface area contributed by atoms with Crippen LogP contribution in [0.15, 0.2) is 24.3 Å². The molecule has 1 fully saturated rings. The molecule has 3 N–H and O–H groups in total. The molecule has 4 heteroatoms. The Morgan fingerprint density at radius 1 is 1.37 bits per heavy atom. The number of hydrogen-bond acceptors (Lipinski definition) is 2. The van der Waals surface area contributed by atoms with E-state index in [1.54, 1.807) is 0 Å². The summed E-state index contributed by atoms with van der Waals surface area (Å²) in [6, 6.07) is 8.26. The number of piperidine rings is 1. The van der Waals surface area contributed by atoms with Crippen molar-refractivity contribution in [1.29, 1.82) is 0 Å². The minimum Gasteiger partial charge on any atom is -0.350 e.